The summed E-state index contributed by atoms with van der Waals surface area (Å²) in [5.41, 5.74) is 2.74. The molecule has 1 aliphatic rings. The molecule has 0 aromatic heterocycles. The highest BCUT2D eigenvalue weighted by Gasteiger charge is 2.36. The van der Waals surface area contributed by atoms with Gasteiger partial charge < -0.3 is 19.5 Å². The SMILES string of the molecule is COc1cccc(-c2ccc(C3(O)CCN(C(=O)OC(C)(C)C)CC3)cc2C)c1. The van der Waals surface area contributed by atoms with Crippen molar-refractivity contribution >= 4 is 6.09 Å². The minimum absolute atomic E-state index is 0.316. The van der Waals surface area contributed by atoms with Crippen LogP contribution in [0.3, 0.4) is 0 Å². The van der Waals surface area contributed by atoms with Gasteiger partial charge >= 0.3 is 6.09 Å². The molecule has 0 spiro atoms. The molecule has 2 aromatic carbocycles. The van der Waals surface area contributed by atoms with Crippen molar-refractivity contribution in [3.63, 3.8) is 0 Å². The first-order chi connectivity index (χ1) is 13.6. The molecule has 0 atom stereocenters. The zero-order chi connectivity index (χ0) is 21.2. The molecular weight excluding hydrogens is 366 g/mol. The van der Waals surface area contributed by atoms with Crippen molar-refractivity contribution in [2.75, 3.05) is 20.2 Å². The number of methoxy groups -OCH3 is 1. The van der Waals surface area contributed by atoms with E-state index in [-0.39, 0.29) is 6.09 Å². The third-order valence-electron chi connectivity index (χ3n) is 5.39. The highest BCUT2D eigenvalue weighted by atomic mass is 16.6. The molecule has 1 aliphatic heterocycles. The van der Waals surface area contributed by atoms with Crippen LogP contribution in [0, 0.1) is 6.92 Å². The number of amides is 1. The van der Waals surface area contributed by atoms with Gasteiger partial charge in [0.2, 0.25) is 0 Å². The lowest BCUT2D eigenvalue weighted by Crippen LogP contribution is -2.46. The molecule has 1 heterocycles. The quantitative estimate of drug-likeness (QED) is 0.801. The van der Waals surface area contributed by atoms with Crippen molar-refractivity contribution in [2.45, 2.75) is 51.7 Å². The van der Waals surface area contributed by atoms with Crippen molar-refractivity contribution in [3.8, 4) is 16.9 Å². The summed E-state index contributed by atoms with van der Waals surface area (Å²) in [6.07, 6.45) is 0.665. The van der Waals surface area contributed by atoms with Crippen LogP contribution in [-0.2, 0) is 10.3 Å². The van der Waals surface area contributed by atoms with Crippen LogP contribution in [0.15, 0.2) is 42.5 Å². The summed E-state index contributed by atoms with van der Waals surface area (Å²) in [6, 6.07) is 14.1. The van der Waals surface area contributed by atoms with Crippen molar-refractivity contribution in [1.29, 1.82) is 0 Å². The molecule has 1 N–H and O–H groups in total. The molecule has 1 amide bonds. The van der Waals surface area contributed by atoms with Gasteiger partial charge in [-0.2, -0.15) is 0 Å². The Morgan fingerprint density at radius 2 is 1.79 bits per heavy atom. The number of aliphatic hydroxyl groups is 1. The van der Waals surface area contributed by atoms with E-state index in [0.717, 1.165) is 28.0 Å². The second kappa shape index (κ2) is 8.07. The molecule has 0 unspecified atom stereocenters. The number of ether oxygens (including phenoxy) is 2. The van der Waals surface area contributed by atoms with E-state index in [9.17, 15) is 9.90 Å². The summed E-state index contributed by atoms with van der Waals surface area (Å²) in [7, 11) is 1.66. The predicted molar refractivity (Wildman–Crippen MR) is 114 cm³/mol. The average Bonchev–Trinajstić information content (AvgIpc) is 2.67. The van der Waals surface area contributed by atoms with Crippen LogP contribution >= 0.6 is 0 Å². The second-order valence-corrected chi connectivity index (χ2v) is 8.76. The van der Waals surface area contributed by atoms with Gasteiger partial charge in [0.15, 0.2) is 0 Å². The number of aryl methyl sites for hydroxylation is 1. The van der Waals surface area contributed by atoms with E-state index in [1.807, 2.05) is 45.0 Å². The van der Waals surface area contributed by atoms with Crippen LogP contribution in [0.1, 0.15) is 44.7 Å². The number of benzene rings is 2. The van der Waals surface area contributed by atoms with Crippen LogP contribution in [0.5, 0.6) is 5.75 Å². The Labute approximate surface area is 173 Å². The Morgan fingerprint density at radius 3 is 2.38 bits per heavy atom. The van der Waals surface area contributed by atoms with Crippen LogP contribution < -0.4 is 4.74 Å². The van der Waals surface area contributed by atoms with E-state index in [1.54, 1.807) is 12.0 Å². The molecule has 0 aliphatic carbocycles. The topological polar surface area (TPSA) is 59.0 Å². The fourth-order valence-electron chi connectivity index (χ4n) is 3.74. The maximum absolute atomic E-state index is 12.3. The van der Waals surface area contributed by atoms with Gasteiger partial charge in [0.25, 0.3) is 0 Å². The third kappa shape index (κ3) is 4.91. The predicted octanol–water partition coefficient (Wildman–Crippen LogP) is 4.89. The number of hydrogen-bond acceptors (Lipinski definition) is 4. The number of carbonyl (C=O) groups is 1. The standard InChI is InChI=1S/C24H31NO4/c1-17-15-19(9-10-21(17)18-7-6-8-20(16-18)28-5)24(27)11-13-25(14-12-24)22(26)29-23(2,3)4/h6-10,15-16,27H,11-14H2,1-5H3. The van der Waals surface area contributed by atoms with E-state index in [4.69, 9.17) is 9.47 Å². The number of rotatable bonds is 3. The highest BCUT2D eigenvalue weighted by molar-refractivity contribution is 5.69. The lowest BCUT2D eigenvalue weighted by Gasteiger charge is -2.39. The van der Waals surface area contributed by atoms with Gasteiger partial charge in [0, 0.05) is 13.1 Å². The number of piperidine rings is 1. The maximum Gasteiger partial charge on any atom is 0.410 e. The number of hydrogen-bond donors (Lipinski definition) is 1. The monoisotopic (exact) mass is 397 g/mol. The summed E-state index contributed by atoms with van der Waals surface area (Å²) in [5, 5.41) is 11.2. The average molecular weight is 398 g/mol. The molecule has 0 saturated carbocycles. The van der Waals surface area contributed by atoms with E-state index < -0.39 is 11.2 Å². The van der Waals surface area contributed by atoms with Crippen molar-refractivity contribution in [2.24, 2.45) is 0 Å². The smallest absolute Gasteiger partial charge is 0.410 e. The summed E-state index contributed by atoms with van der Waals surface area (Å²) in [5.74, 6) is 0.819. The summed E-state index contributed by atoms with van der Waals surface area (Å²) in [4.78, 5) is 14.0. The molecule has 1 saturated heterocycles. The molecular formula is C24H31NO4. The molecule has 2 aromatic rings. The summed E-state index contributed by atoms with van der Waals surface area (Å²) < 4.78 is 10.8. The van der Waals surface area contributed by atoms with Gasteiger partial charge in [-0.3, -0.25) is 0 Å². The molecule has 5 heteroatoms. The third-order valence-corrected chi connectivity index (χ3v) is 5.39. The first-order valence-corrected chi connectivity index (χ1v) is 10.1. The fraction of sp³-hybridized carbons (Fsp3) is 0.458. The van der Waals surface area contributed by atoms with Gasteiger partial charge in [-0.1, -0.05) is 30.3 Å². The van der Waals surface area contributed by atoms with E-state index in [0.29, 0.717) is 25.9 Å². The maximum atomic E-state index is 12.3. The zero-order valence-electron chi connectivity index (χ0n) is 18.0. The first-order valence-electron chi connectivity index (χ1n) is 10.1. The Hall–Kier alpha value is -2.53. The molecule has 29 heavy (non-hydrogen) atoms. The fourth-order valence-corrected chi connectivity index (χ4v) is 3.74. The van der Waals surface area contributed by atoms with Crippen LogP contribution in [0.25, 0.3) is 11.1 Å². The first kappa shape index (κ1) is 21.2. The normalized spacial score (nSPS) is 16.4. The van der Waals surface area contributed by atoms with Gasteiger partial charge in [0.05, 0.1) is 12.7 Å². The molecule has 3 rings (SSSR count). The van der Waals surface area contributed by atoms with Gasteiger partial charge in [-0.15, -0.1) is 0 Å². The lowest BCUT2D eigenvalue weighted by molar-refractivity contribution is -0.0356. The van der Waals surface area contributed by atoms with E-state index in [1.165, 1.54) is 0 Å². The number of carbonyl (C=O) groups excluding carboxylic acids is 1. The van der Waals surface area contributed by atoms with Crippen molar-refractivity contribution in [1.82, 2.24) is 4.90 Å². The van der Waals surface area contributed by atoms with E-state index >= 15 is 0 Å². The molecule has 5 nitrogen and oxygen atoms in total. The van der Waals surface area contributed by atoms with Crippen LogP contribution in [0.4, 0.5) is 4.79 Å². The number of likely N-dealkylation sites (tertiary alicyclic amines) is 1. The number of nitrogens with zero attached hydrogens (tertiary/aromatic N) is 1. The second-order valence-electron chi connectivity index (χ2n) is 8.76. The largest absolute Gasteiger partial charge is 0.497 e. The van der Waals surface area contributed by atoms with Gasteiger partial charge in [-0.05, 0) is 74.9 Å². The Balaban J connectivity index is 1.74. The highest BCUT2D eigenvalue weighted by Crippen LogP contribution is 2.36. The van der Waals surface area contributed by atoms with Crippen LogP contribution in [-0.4, -0.2) is 41.9 Å². The molecule has 0 radical (unpaired) electrons. The molecule has 0 bridgehead atoms. The Morgan fingerprint density at radius 1 is 1.10 bits per heavy atom. The molecule has 156 valence electrons. The lowest BCUT2D eigenvalue weighted by atomic mass is 9.83. The van der Waals surface area contributed by atoms with Crippen molar-refractivity contribution in [3.05, 3.63) is 53.6 Å². The van der Waals surface area contributed by atoms with Gasteiger partial charge in [0.1, 0.15) is 11.4 Å². The van der Waals surface area contributed by atoms with Gasteiger partial charge in [-0.25, -0.2) is 4.79 Å². The van der Waals surface area contributed by atoms with Crippen molar-refractivity contribution < 1.29 is 19.4 Å². The minimum atomic E-state index is -0.934. The zero-order valence-corrected chi connectivity index (χ0v) is 18.0. The van der Waals surface area contributed by atoms with E-state index in [2.05, 4.69) is 25.1 Å². The van der Waals surface area contributed by atoms with Crippen LogP contribution in [0.2, 0.25) is 0 Å². The minimum Gasteiger partial charge on any atom is -0.497 e. The Bertz CT molecular complexity index is 877. The Kier molecular flexibility index (Phi) is 5.90. The summed E-state index contributed by atoms with van der Waals surface area (Å²) in [6.45, 7) is 8.58. The summed E-state index contributed by atoms with van der Waals surface area (Å²) >= 11 is 0. The molecule has 1 fully saturated rings.